The van der Waals surface area contributed by atoms with Crippen molar-refractivity contribution in [2.45, 2.75) is 80.7 Å². The highest BCUT2D eigenvalue weighted by atomic mass is 32.2. The van der Waals surface area contributed by atoms with Crippen LogP contribution in [0.3, 0.4) is 0 Å². The first-order chi connectivity index (χ1) is 14.1. The Morgan fingerprint density at radius 1 is 1.27 bits per heavy atom. The lowest BCUT2D eigenvalue weighted by Crippen LogP contribution is -2.72. The molecule has 7 nitrogen and oxygen atoms in total. The van der Waals surface area contributed by atoms with Gasteiger partial charge in [0.2, 0.25) is 11.8 Å². The van der Waals surface area contributed by atoms with Crippen LogP contribution in [0.1, 0.15) is 52.5 Å². The first kappa shape index (κ1) is 21.0. The minimum absolute atomic E-state index is 0.0156. The number of carbonyl (C=O) groups excluding carboxylic acids is 2. The van der Waals surface area contributed by atoms with Gasteiger partial charge < -0.3 is 20.1 Å². The molecule has 2 aliphatic heterocycles. The van der Waals surface area contributed by atoms with E-state index in [1.165, 1.54) is 16.7 Å². The van der Waals surface area contributed by atoms with Crippen molar-refractivity contribution in [1.82, 2.24) is 10.2 Å². The van der Waals surface area contributed by atoms with Crippen molar-refractivity contribution < 1.29 is 24.2 Å². The Morgan fingerprint density at radius 2 is 1.93 bits per heavy atom. The number of benzene rings is 1. The molecule has 2 saturated heterocycles. The fraction of sp³-hybridized carbons (Fsp3) is 0.591. The highest BCUT2D eigenvalue weighted by Crippen LogP contribution is 2.52. The third-order valence-corrected chi connectivity index (χ3v) is 7.94. The van der Waals surface area contributed by atoms with E-state index in [1.54, 1.807) is 0 Å². The molecule has 1 aromatic carbocycles. The Morgan fingerprint density at radius 3 is 2.50 bits per heavy atom. The molecular weight excluding hydrogens is 404 g/mol. The van der Waals surface area contributed by atoms with Crippen molar-refractivity contribution in [1.29, 1.82) is 0 Å². The summed E-state index contributed by atoms with van der Waals surface area (Å²) in [5.74, 6) is -0.807. The minimum atomic E-state index is -1.01. The number of nitrogens with zero attached hydrogens (tertiary/aromatic N) is 1. The van der Waals surface area contributed by atoms with Crippen LogP contribution in [0.2, 0.25) is 0 Å². The number of nitrogens with one attached hydrogen (secondary N) is 1. The van der Waals surface area contributed by atoms with E-state index in [9.17, 15) is 19.5 Å². The van der Waals surface area contributed by atoms with Crippen molar-refractivity contribution in [2.75, 3.05) is 0 Å². The van der Waals surface area contributed by atoms with Gasteiger partial charge >= 0.3 is 5.97 Å². The second kappa shape index (κ2) is 7.18. The molecule has 0 aromatic heterocycles. The van der Waals surface area contributed by atoms with E-state index in [1.807, 2.05) is 52.0 Å². The Balaban J connectivity index is 1.56. The van der Waals surface area contributed by atoms with Crippen LogP contribution in [-0.4, -0.2) is 56.1 Å². The number of amides is 2. The molecular formula is C22H28N2O5S. The summed E-state index contributed by atoms with van der Waals surface area (Å²) in [6.07, 6.45) is 2.31. The lowest BCUT2D eigenvalue weighted by molar-refractivity contribution is -0.161. The number of β-lactam (4-membered cyclic amide) rings is 1. The van der Waals surface area contributed by atoms with Crippen LogP contribution in [0.4, 0.5) is 0 Å². The van der Waals surface area contributed by atoms with E-state index in [0.717, 1.165) is 12.0 Å². The van der Waals surface area contributed by atoms with Gasteiger partial charge in [0, 0.05) is 10.3 Å². The summed E-state index contributed by atoms with van der Waals surface area (Å²) in [4.78, 5) is 39.3. The van der Waals surface area contributed by atoms with Gasteiger partial charge in [-0.25, -0.2) is 4.79 Å². The number of thioether (sulfide) groups is 1. The third kappa shape index (κ3) is 3.07. The van der Waals surface area contributed by atoms with E-state index in [-0.39, 0.29) is 23.3 Å². The average Bonchev–Trinajstić information content (AvgIpc) is 2.88. The first-order valence-electron chi connectivity index (χ1n) is 10.4. The smallest absolute Gasteiger partial charge is 0.327 e. The summed E-state index contributed by atoms with van der Waals surface area (Å²) in [7, 11) is 0. The molecule has 30 heavy (non-hydrogen) atoms. The largest absolute Gasteiger partial charge is 0.491 e. The third-order valence-electron chi connectivity index (χ3n) is 6.37. The summed E-state index contributed by atoms with van der Waals surface area (Å²) in [5, 5.41) is 12.2. The number of hydrogen-bond acceptors (Lipinski definition) is 5. The Hall–Kier alpha value is -2.22. The zero-order chi connectivity index (χ0) is 21.8. The van der Waals surface area contributed by atoms with Crippen LogP contribution in [0.5, 0.6) is 5.75 Å². The van der Waals surface area contributed by atoms with Crippen LogP contribution in [0.15, 0.2) is 24.3 Å². The van der Waals surface area contributed by atoms with Crippen LogP contribution >= 0.6 is 11.8 Å². The summed E-state index contributed by atoms with van der Waals surface area (Å²) in [6.45, 7) is 7.55. The fourth-order valence-electron chi connectivity index (χ4n) is 4.79. The zero-order valence-corrected chi connectivity index (χ0v) is 18.5. The van der Waals surface area contributed by atoms with Crippen molar-refractivity contribution >= 4 is 29.5 Å². The van der Waals surface area contributed by atoms with E-state index in [0.29, 0.717) is 18.6 Å². The Kier molecular flexibility index (Phi) is 5.03. The van der Waals surface area contributed by atoms with Crippen LogP contribution in [-0.2, 0) is 19.8 Å². The normalized spacial score (nSPS) is 28.4. The molecule has 0 radical (unpaired) electrons. The van der Waals surface area contributed by atoms with Crippen molar-refractivity contribution in [3.63, 3.8) is 0 Å². The second-order valence-electron chi connectivity index (χ2n) is 9.15. The van der Waals surface area contributed by atoms with Gasteiger partial charge in [-0.1, -0.05) is 24.6 Å². The molecule has 1 aliphatic carbocycles. The summed E-state index contributed by atoms with van der Waals surface area (Å²) >= 11 is 1.44. The van der Waals surface area contributed by atoms with Gasteiger partial charge in [0.15, 0.2) is 0 Å². The highest BCUT2D eigenvalue weighted by Gasteiger charge is 2.65. The fourth-order valence-corrected chi connectivity index (χ4v) is 6.42. The standard InChI is InChI=1S/C22H28N2O5S/c1-12(2)29-14-9-6-5-8-13(14)22(10-7-11-22)20(28)23-15-17(25)24-16(19(26)27)21(3,4)30-18(15)24/h5-6,8-9,12,15-16,18H,7,10-11H2,1-4H3,(H,23,28)(H,26,27)/t15-,16+,18+/m0/s1. The molecule has 2 N–H and O–H groups in total. The van der Waals surface area contributed by atoms with Crippen molar-refractivity contribution in [3.05, 3.63) is 29.8 Å². The first-order valence-corrected chi connectivity index (χ1v) is 11.3. The maximum Gasteiger partial charge on any atom is 0.327 e. The topological polar surface area (TPSA) is 95.9 Å². The molecule has 1 saturated carbocycles. The number of carboxylic acid groups (broad SMARTS) is 1. The molecule has 4 rings (SSSR count). The van der Waals surface area contributed by atoms with Crippen LogP contribution in [0.25, 0.3) is 0 Å². The zero-order valence-electron chi connectivity index (χ0n) is 17.7. The molecule has 1 aromatic rings. The number of rotatable bonds is 6. The van der Waals surface area contributed by atoms with E-state index in [2.05, 4.69) is 5.32 Å². The molecule has 8 heteroatoms. The van der Waals surface area contributed by atoms with Gasteiger partial charge in [-0.2, -0.15) is 0 Å². The van der Waals surface area contributed by atoms with Crippen molar-refractivity contribution in [2.24, 2.45) is 0 Å². The second-order valence-corrected chi connectivity index (χ2v) is 10.9. The number of ether oxygens (including phenoxy) is 1. The van der Waals surface area contributed by atoms with E-state index in [4.69, 9.17) is 4.74 Å². The molecule has 3 atom stereocenters. The van der Waals surface area contributed by atoms with Gasteiger partial charge in [-0.3, -0.25) is 9.59 Å². The minimum Gasteiger partial charge on any atom is -0.491 e. The van der Waals surface area contributed by atoms with Gasteiger partial charge in [0.25, 0.3) is 0 Å². The maximum absolute atomic E-state index is 13.4. The average molecular weight is 433 g/mol. The van der Waals surface area contributed by atoms with E-state index >= 15 is 0 Å². The highest BCUT2D eigenvalue weighted by molar-refractivity contribution is 8.01. The number of fused-ring (bicyclic) bond motifs is 1. The maximum atomic E-state index is 13.4. The summed E-state index contributed by atoms with van der Waals surface area (Å²) < 4.78 is 5.34. The van der Waals surface area contributed by atoms with Gasteiger partial charge in [0.1, 0.15) is 23.2 Å². The van der Waals surface area contributed by atoms with E-state index < -0.39 is 28.2 Å². The van der Waals surface area contributed by atoms with Crippen LogP contribution in [0, 0.1) is 0 Å². The number of aliphatic carboxylic acids is 1. The SMILES string of the molecule is CC(C)Oc1ccccc1C1(C(=O)N[C@H]2C(=O)N3[C@@H]2SC(C)(C)[C@H]3C(=O)O)CCC1. The monoisotopic (exact) mass is 432 g/mol. The summed E-state index contributed by atoms with van der Waals surface area (Å²) in [6, 6.07) is 6.03. The van der Waals surface area contributed by atoms with Gasteiger partial charge in [-0.15, -0.1) is 11.8 Å². The number of carboxylic acids is 1. The Bertz CT molecular complexity index is 895. The molecule has 162 valence electrons. The molecule has 3 fully saturated rings. The molecule has 3 aliphatic rings. The predicted octanol–water partition coefficient (Wildman–Crippen LogP) is 2.53. The lowest BCUT2D eigenvalue weighted by atomic mass is 9.63. The molecule has 0 bridgehead atoms. The molecule has 0 unspecified atom stereocenters. The lowest BCUT2D eigenvalue weighted by Gasteiger charge is -2.47. The van der Waals surface area contributed by atoms with Crippen molar-refractivity contribution in [3.8, 4) is 5.75 Å². The van der Waals surface area contributed by atoms with Gasteiger partial charge in [0.05, 0.1) is 11.5 Å². The summed E-state index contributed by atoms with van der Waals surface area (Å²) in [5.41, 5.74) is 0.144. The number of para-hydroxylation sites is 1. The van der Waals surface area contributed by atoms with Gasteiger partial charge in [-0.05, 0) is 46.6 Å². The molecule has 0 spiro atoms. The number of carbonyl (C=O) groups is 3. The Labute approximate surface area is 180 Å². The molecule has 2 heterocycles. The van der Waals surface area contributed by atoms with Crippen LogP contribution < -0.4 is 10.1 Å². The quantitative estimate of drug-likeness (QED) is 0.671. The number of hydrogen-bond donors (Lipinski definition) is 2. The predicted molar refractivity (Wildman–Crippen MR) is 113 cm³/mol. The molecule has 2 amide bonds.